The summed E-state index contributed by atoms with van der Waals surface area (Å²) in [6.07, 6.45) is 0. The molecule has 0 fully saturated rings. The summed E-state index contributed by atoms with van der Waals surface area (Å²) >= 11 is 0. The minimum Gasteiger partial charge on any atom is -0.240 e. The molecule has 0 aliphatic heterocycles. The summed E-state index contributed by atoms with van der Waals surface area (Å²) in [6.45, 7) is -0.192. The highest BCUT2D eigenvalue weighted by Gasteiger charge is 2.60. The molecule has 0 saturated carbocycles. The van der Waals surface area contributed by atoms with Crippen LogP contribution in [0.3, 0.4) is 0 Å². The van der Waals surface area contributed by atoms with Crippen molar-refractivity contribution in [1.82, 2.24) is 0 Å². The molecule has 0 unspecified atom stereocenters. The largest absolute Gasteiger partial charge is 0.430 e. The molecule has 0 aromatic carbocycles. The zero-order valence-corrected chi connectivity index (χ0v) is 4.83. The first-order valence-corrected chi connectivity index (χ1v) is 2.16. The highest BCUT2D eigenvalue weighted by Crippen LogP contribution is 2.33. The van der Waals surface area contributed by atoms with Gasteiger partial charge in [0.1, 0.15) is 0 Å². The van der Waals surface area contributed by atoms with Gasteiger partial charge in [-0.1, -0.05) is 0 Å². The van der Waals surface area contributed by atoms with Crippen LogP contribution in [0.15, 0.2) is 0 Å². The van der Waals surface area contributed by atoms with E-state index < -0.39 is 17.8 Å². The average molecular weight is 159 g/mol. The number of carbonyl (C=O) groups excluding carboxylic acids is 1. The lowest BCUT2D eigenvalue weighted by Crippen LogP contribution is -2.44. The van der Waals surface area contributed by atoms with Crippen molar-refractivity contribution in [2.24, 2.45) is 0 Å². The smallest absolute Gasteiger partial charge is 0.240 e. The van der Waals surface area contributed by atoms with Crippen LogP contribution >= 0.6 is 0 Å². The lowest BCUT2D eigenvalue weighted by atomic mass is 10.2. The number of alkyl halides is 4. The van der Waals surface area contributed by atoms with E-state index >= 15 is 0 Å². The van der Waals surface area contributed by atoms with Crippen molar-refractivity contribution >= 4 is 5.97 Å². The predicted molar refractivity (Wildman–Crippen MR) is 21.3 cm³/mol. The van der Waals surface area contributed by atoms with Crippen molar-refractivity contribution in [1.29, 1.82) is 0 Å². The lowest BCUT2D eigenvalue weighted by molar-refractivity contribution is -0.222. The standard InChI is InChI=1S/C4H3F4O2/c1-3(5,6)4(7,8)2(9)10/h1H3. The number of halogens is 4. The summed E-state index contributed by atoms with van der Waals surface area (Å²) in [5.41, 5.74) is 0. The minimum absolute atomic E-state index is 0.192. The van der Waals surface area contributed by atoms with Gasteiger partial charge in [-0.25, -0.2) is 9.90 Å². The lowest BCUT2D eigenvalue weighted by Gasteiger charge is -2.16. The van der Waals surface area contributed by atoms with Gasteiger partial charge in [-0.15, -0.1) is 0 Å². The highest BCUT2D eigenvalue weighted by atomic mass is 19.3. The van der Waals surface area contributed by atoms with E-state index in [-0.39, 0.29) is 6.92 Å². The molecule has 0 N–H and O–H groups in total. The Morgan fingerprint density at radius 3 is 1.50 bits per heavy atom. The molecule has 0 heterocycles. The molecule has 0 spiro atoms. The molecule has 0 aromatic rings. The third-order valence-corrected chi connectivity index (χ3v) is 0.808. The quantitative estimate of drug-likeness (QED) is 0.558. The molecular weight excluding hydrogens is 156 g/mol. The van der Waals surface area contributed by atoms with Crippen LogP contribution in [0, 0.1) is 0 Å². The van der Waals surface area contributed by atoms with Crippen molar-refractivity contribution < 1.29 is 27.5 Å². The molecule has 0 saturated heterocycles. The molecule has 2 nitrogen and oxygen atoms in total. The van der Waals surface area contributed by atoms with E-state index in [9.17, 15) is 27.5 Å². The van der Waals surface area contributed by atoms with Crippen LogP contribution in [0.2, 0.25) is 0 Å². The summed E-state index contributed by atoms with van der Waals surface area (Å²) < 4.78 is 46.4. The van der Waals surface area contributed by atoms with Gasteiger partial charge < -0.3 is 0 Å². The van der Waals surface area contributed by atoms with Crippen molar-refractivity contribution in [2.75, 3.05) is 0 Å². The van der Waals surface area contributed by atoms with E-state index in [4.69, 9.17) is 0 Å². The molecule has 0 rings (SSSR count). The number of hydrogen-bond donors (Lipinski definition) is 0. The normalized spacial score (nSPS) is 13.3. The van der Waals surface area contributed by atoms with E-state index in [2.05, 4.69) is 0 Å². The Labute approximate surface area is 53.5 Å². The van der Waals surface area contributed by atoms with Gasteiger partial charge >= 0.3 is 17.8 Å². The summed E-state index contributed by atoms with van der Waals surface area (Å²) in [5.74, 6) is -12.7. The van der Waals surface area contributed by atoms with Gasteiger partial charge in [-0.05, 0) is 0 Å². The van der Waals surface area contributed by atoms with Crippen LogP contribution in [0.25, 0.3) is 0 Å². The van der Waals surface area contributed by atoms with Gasteiger partial charge in [0.05, 0.1) is 0 Å². The maximum absolute atomic E-state index is 11.6. The molecule has 0 bridgehead atoms. The first-order valence-electron chi connectivity index (χ1n) is 2.16. The fraction of sp³-hybridized carbons (Fsp3) is 0.750. The van der Waals surface area contributed by atoms with Crippen molar-refractivity contribution in [3.05, 3.63) is 0 Å². The fourth-order valence-corrected chi connectivity index (χ4v) is 0.179. The minimum atomic E-state index is -5.09. The second-order valence-corrected chi connectivity index (χ2v) is 1.75. The number of carbonyl (C=O) groups is 1. The van der Waals surface area contributed by atoms with Gasteiger partial charge in [0.25, 0.3) is 0 Å². The predicted octanol–water partition coefficient (Wildman–Crippen LogP) is 1.23. The van der Waals surface area contributed by atoms with Crippen LogP contribution in [-0.4, -0.2) is 17.8 Å². The summed E-state index contributed by atoms with van der Waals surface area (Å²) in [4.78, 5) is 9.33. The summed E-state index contributed by atoms with van der Waals surface area (Å²) in [7, 11) is 0. The Kier molecular flexibility index (Phi) is 1.93. The molecular formula is C4H3F4O2. The second kappa shape index (κ2) is 2.10. The van der Waals surface area contributed by atoms with Crippen LogP contribution in [0.5, 0.6) is 0 Å². The Balaban J connectivity index is 4.57. The van der Waals surface area contributed by atoms with Crippen LogP contribution in [0.4, 0.5) is 17.6 Å². The Hall–Kier alpha value is -0.810. The zero-order chi connectivity index (χ0) is 8.58. The van der Waals surface area contributed by atoms with Crippen molar-refractivity contribution in [3.63, 3.8) is 0 Å². The van der Waals surface area contributed by atoms with Crippen LogP contribution in [-0.2, 0) is 9.90 Å². The molecule has 0 aromatic heterocycles. The SMILES string of the molecule is CC(F)(F)C(F)(F)C([O])=O. The van der Waals surface area contributed by atoms with Crippen LogP contribution in [0.1, 0.15) is 6.92 Å². The van der Waals surface area contributed by atoms with Gasteiger partial charge in [-0.2, -0.15) is 17.6 Å². The molecule has 59 valence electrons. The van der Waals surface area contributed by atoms with Crippen molar-refractivity contribution in [3.8, 4) is 0 Å². The van der Waals surface area contributed by atoms with Gasteiger partial charge in [0.2, 0.25) is 0 Å². The van der Waals surface area contributed by atoms with E-state index in [0.29, 0.717) is 0 Å². The Morgan fingerprint density at radius 1 is 1.20 bits per heavy atom. The molecule has 0 aliphatic carbocycles. The van der Waals surface area contributed by atoms with E-state index in [1.807, 2.05) is 0 Å². The molecule has 6 heteroatoms. The third kappa shape index (κ3) is 1.37. The van der Waals surface area contributed by atoms with Gasteiger partial charge in [0, 0.05) is 6.92 Å². The monoisotopic (exact) mass is 159 g/mol. The molecule has 10 heavy (non-hydrogen) atoms. The maximum atomic E-state index is 11.6. The first kappa shape index (κ1) is 9.19. The zero-order valence-electron chi connectivity index (χ0n) is 4.83. The summed E-state index contributed by atoms with van der Waals surface area (Å²) in [6, 6.07) is 0. The topological polar surface area (TPSA) is 37.0 Å². The van der Waals surface area contributed by atoms with Crippen LogP contribution < -0.4 is 0 Å². The number of rotatable bonds is 2. The van der Waals surface area contributed by atoms with Gasteiger partial charge in [-0.3, -0.25) is 0 Å². The second-order valence-electron chi connectivity index (χ2n) is 1.75. The first-order chi connectivity index (χ1) is 4.19. The number of hydrogen-bond acceptors (Lipinski definition) is 1. The summed E-state index contributed by atoms with van der Waals surface area (Å²) in [5, 5.41) is 9.33. The Morgan fingerprint density at radius 2 is 1.50 bits per heavy atom. The van der Waals surface area contributed by atoms with E-state index in [1.165, 1.54) is 0 Å². The average Bonchev–Trinajstić information content (AvgIpc) is 1.62. The van der Waals surface area contributed by atoms with E-state index in [0.717, 1.165) is 0 Å². The Bertz CT molecular complexity index is 148. The molecule has 0 aliphatic rings. The van der Waals surface area contributed by atoms with E-state index in [1.54, 1.807) is 0 Å². The molecule has 1 radical (unpaired) electrons. The third-order valence-electron chi connectivity index (χ3n) is 0.808. The fourth-order valence-electron chi connectivity index (χ4n) is 0.179. The van der Waals surface area contributed by atoms with Crippen molar-refractivity contribution in [2.45, 2.75) is 18.8 Å². The molecule has 0 amide bonds. The maximum Gasteiger partial charge on any atom is 0.430 e. The molecule has 0 atom stereocenters. The highest BCUT2D eigenvalue weighted by molar-refractivity contribution is 5.76. The van der Waals surface area contributed by atoms with Gasteiger partial charge in [0.15, 0.2) is 0 Å².